The molecule has 0 aromatic rings. The van der Waals surface area contributed by atoms with Crippen LogP contribution < -0.4 is 5.48 Å². The molecule has 11 heavy (non-hydrogen) atoms. The molecule has 0 aliphatic rings. The molecule has 2 N–H and O–H groups in total. The van der Waals surface area contributed by atoms with E-state index in [1.807, 2.05) is 0 Å². The minimum Gasteiger partial charge on any atom is -0.391 e. The smallest absolute Gasteiger partial charge is 0.166 e. The SMILES string of the molecule is COCON[C@H](C=O)[C@@H](C)O. The molecular formula is C6H13NO4. The minimum atomic E-state index is -0.774. The Kier molecular flexibility index (Phi) is 5.96. The van der Waals surface area contributed by atoms with E-state index in [4.69, 9.17) is 5.11 Å². The molecule has 0 heterocycles. The number of carbonyl (C=O) groups is 1. The molecule has 2 atom stereocenters. The average molecular weight is 163 g/mol. The third kappa shape index (κ3) is 4.86. The molecule has 0 saturated carbocycles. The lowest BCUT2D eigenvalue weighted by Gasteiger charge is -2.13. The maximum Gasteiger partial charge on any atom is 0.166 e. The lowest BCUT2D eigenvalue weighted by molar-refractivity contribution is -0.128. The van der Waals surface area contributed by atoms with Crippen LogP contribution in [0, 0.1) is 0 Å². The summed E-state index contributed by atoms with van der Waals surface area (Å²) in [5.41, 5.74) is 2.33. The third-order valence-electron chi connectivity index (χ3n) is 1.06. The van der Waals surface area contributed by atoms with Crippen molar-refractivity contribution < 1.29 is 19.5 Å². The van der Waals surface area contributed by atoms with Crippen molar-refractivity contribution in [2.45, 2.75) is 19.1 Å². The lowest BCUT2D eigenvalue weighted by Crippen LogP contribution is -2.39. The quantitative estimate of drug-likeness (QED) is 0.229. The zero-order chi connectivity index (χ0) is 8.69. The summed E-state index contributed by atoms with van der Waals surface area (Å²) in [6.45, 7) is 1.53. The van der Waals surface area contributed by atoms with Crippen LogP contribution in [0.15, 0.2) is 0 Å². The minimum absolute atomic E-state index is 0.0388. The number of aliphatic hydroxyl groups excluding tert-OH is 1. The average Bonchev–Trinajstić information content (AvgIpc) is 1.97. The molecule has 0 rings (SSSR count). The topological polar surface area (TPSA) is 67.8 Å². The van der Waals surface area contributed by atoms with Gasteiger partial charge in [0.15, 0.2) is 6.79 Å². The van der Waals surface area contributed by atoms with E-state index in [0.29, 0.717) is 6.29 Å². The summed E-state index contributed by atoms with van der Waals surface area (Å²) in [4.78, 5) is 14.8. The van der Waals surface area contributed by atoms with Gasteiger partial charge in [0, 0.05) is 7.11 Å². The molecule has 0 fully saturated rings. The van der Waals surface area contributed by atoms with Gasteiger partial charge in [-0.05, 0) is 6.92 Å². The Bertz CT molecular complexity index is 107. The van der Waals surface area contributed by atoms with Crippen molar-refractivity contribution in [2.24, 2.45) is 0 Å². The van der Waals surface area contributed by atoms with E-state index < -0.39 is 12.1 Å². The highest BCUT2D eigenvalue weighted by Gasteiger charge is 2.12. The predicted molar refractivity (Wildman–Crippen MR) is 37.6 cm³/mol. The Balaban J connectivity index is 3.44. The first-order valence-corrected chi connectivity index (χ1v) is 3.22. The molecule has 0 amide bonds. The standard InChI is InChI=1S/C6H13NO4/c1-5(9)6(3-8)7-11-4-10-2/h3,5-7,9H,4H2,1-2H3/t5-,6-/m1/s1. The molecule has 0 aliphatic heterocycles. The number of methoxy groups -OCH3 is 1. The molecule has 0 radical (unpaired) electrons. The first-order chi connectivity index (χ1) is 5.22. The fourth-order valence-electron chi connectivity index (χ4n) is 0.429. The highest BCUT2D eigenvalue weighted by atomic mass is 16.7. The van der Waals surface area contributed by atoms with Crippen molar-refractivity contribution in [2.75, 3.05) is 13.9 Å². The molecule has 0 saturated heterocycles. The van der Waals surface area contributed by atoms with Gasteiger partial charge in [0.05, 0.1) is 6.10 Å². The van der Waals surface area contributed by atoms with Crippen LogP contribution in [0.4, 0.5) is 0 Å². The summed E-state index contributed by atoms with van der Waals surface area (Å²) in [5.74, 6) is 0. The van der Waals surface area contributed by atoms with Gasteiger partial charge in [0.2, 0.25) is 0 Å². The second-order valence-electron chi connectivity index (χ2n) is 2.07. The van der Waals surface area contributed by atoms with E-state index in [0.717, 1.165) is 0 Å². The predicted octanol–water partition coefficient (Wildman–Crippen LogP) is -0.940. The number of aliphatic hydroxyl groups is 1. The van der Waals surface area contributed by atoms with Crippen molar-refractivity contribution >= 4 is 6.29 Å². The maximum absolute atomic E-state index is 10.2. The number of ether oxygens (including phenoxy) is 1. The lowest BCUT2D eigenvalue weighted by atomic mass is 10.2. The summed E-state index contributed by atoms with van der Waals surface area (Å²) in [6, 6.07) is -0.704. The van der Waals surface area contributed by atoms with Gasteiger partial charge in [-0.2, -0.15) is 5.48 Å². The van der Waals surface area contributed by atoms with E-state index in [1.165, 1.54) is 14.0 Å². The van der Waals surface area contributed by atoms with Crippen molar-refractivity contribution in [3.8, 4) is 0 Å². The van der Waals surface area contributed by atoms with Gasteiger partial charge in [-0.15, -0.1) is 0 Å². The third-order valence-corrected chi connectivity index (χ3v) is 1.06. The zero-order valence-electron chi connectivity index (χ0n) is 6.61. The second kappa shape index (κ2) is 6.23. The molecule has 0 aromatic heterocycles. The van der Waals surface area contributed by atoms with Crippen molar-refractivity contribution in [1.29, 1.82) is 0 Å². The summed E-state index contributed by atoms with van der Waals surface area (Å²) in [6.07, 6.45) is -0.204. The largest absolute Gasteiger partial charge is 0.391 e. The van der Waals surface area contributed by atoms with Crippen LogP contribution in [0.2, 0.25) is 0 Å². The van der Waals surface area contributed by atoms with Gasteiger partial charge in [0.1, 0.15) is 12.3 Å². The van der Waals surface area contributed by atoms with Crippen LogP contribution in [-0.2, 0) is 14.4 Å². The van der Waals surface area contributed by atoms with Crippen LogP contribution in [0.1, 0.15) is 6.92 Å². The summed E-state index contributed by atoms with van der Waals surface area (Å²) in [7, 11) is 1.46. The fourth-order valence-corrected chi connectivity index (χ4v) is 0.429. The van der Waals surface area contributed by atoms with Gasteiger partial charge in [0.25, 0.3) is 0 Å². The highest BCUT2D eigenvalue weighted by Crippen LogP contribution is 1.87. The van der Waals surface area contributed by atoms with E-state index in [-0.39, 0.29) is 6.79 Å². The van der Waals surface area contributed by atoms with E-state index >= 15 is 0 Å². The van der Waals surface area contributed by atoms with Gasteiger partial charge in [-0.25, -0.2) is 0 Å². The number of nitrogens with one attached hydrogen (secondary N) is 1. The van der Waals surface area contributed by atoms with Crippen LogP contribution in [-0.4, -0.2) is 37.4 Å². The number of carbonyl (C=O) groups excluding carboxylic acids is 1. The van der Waals surface area contributed by atoms with E-state index in [1.54, 1.807) is 0 Å². The Labute approximate surface area is 65.3 Å². The molecule has 0 aliphatic carbocycles. The number of aldehydes is 1. The first-order valence-electron chi connectivity index (χ1n) is 3.22. The van der Waals surface area contributed by atoms with Gasteiger partial charge in [-0.3, -0.25) is 4.84 Å². The molecule has 0 unspecified atom stereocenters. The normalized spacial score (nSPS) is 15.9. The first kappa shape index (κ1) is 10.5. The van der Waals surface area contributed by atoms with E-state index in [9.17, 15) is 4.79 Å². The number of hydrogen-bond donors (Lipinski definition) is 2. The van der Waals surface area contributed by atoms with Gasteiger partial charge < -0.3 is 14.6 Å². The Morgan fingerprint density at radius 2 is 2.36 bits per heavy atom. The molecule has 0 spiro atoms. The van der Waals surface area contributed by atoms with Crippen LogP contribution in [0.25, 0.3) is 0 Å². The van der Waals surface area contributed by atoms with Crippen LogP contribution in [0.3, 0.4) is 0 Å². The van der Waals surface area contributed by atoms with Crippen molar-refractivity contribution in [1.82, 2.24) is 5.48 Å². The number of hydroxylamine groups is 1. The molecule has 0 aromatic carbocycles. The number of hydrogen-bond acceptors (Lipinski definition) is 5. The molecule has 66 valence electrons. The Morgan fingerprint density at radius 3 is 2.73 bits per heavy atom. The van der Waals surface area contributed by atoms with E-state index in [2.05, 4.69) is 15.1 Å². The maximum atomic E-state index is 10.2. The number of rotatable bonds is 6. The molecular weight excluding hydrogens is 150 g/mol. The summed E-state index contributed by atoms with van der Waals surface area (Å²) in [5, 5.41) is 8.90. The highest BCUT2D eigenvalue weighted by molar-refractivity contribution is 5.58. The molecule has 5 heteroatoms. The van der Waals surface area contributed by atoms with Crippen LogP contribution in [0.5, 0.6) is 0 Å². The van der Waals surface area contributed by atoms with Crippen molar-refractivity contribution in [3.63, 3.8) is 0 Å². The zero-order valence-corrected chi connectivity index (χ0v) is 6.61. The van der Waals surface area contributed by atoms with Crippen molar-refractivity contribution in [3.05, 3.63) is 0 Å². The fraction of sp³-hybridized carbons (Fsp3) is 0.833. The van der Waals surface area contributed by atoms with Crippen LogP contribution >= 0.6 is 0 Å². The van der Waals surface area contributed by atoms with Gasteiger partial charge >= 0.3 is 0 Å². The molecule has 0 bridgehead atoms. The Morgan fingerprint density at radius 1 is 1.73 bits per heavy atom. The summed E-state index contributed by atoms with van der Waals surface area (Å²) >= 11 is 0. The monoisotopic (exact) mass is 163 g/mol. The Hall–Kier alpha value is -0.490. The summed E-state index contributed by atoms with van der Waals surface area (Å²) < 4.78 is 4.53. The van der Waals surface area contributed by atoms with Gasteiger partial charge in [-0.1, -0.05) is 0 Å². The second-order valence-corrected chi connectivity index (χ2v) is 2.07. The molecule has 5 nitrogen and oxygen atoms in total.